The number of methoxy groups -OCH3 is 1. The first kappa shape index (κ1) is 17.4. The monoisotopic (exact) mass is 382 g/mol. The van der Waals surface area contributed by atoms with Crippen molar-refractivity contribution >= 4 is 39.6 Å². The molecule has 0 spiro atoms. The number of fused-ring (bicyclic) bond motifs is 3. The highest BCUT2D eigenvalue weighted by Crippen LogP contribution is 2.39. The number of carbonyl (C=O) groups is 1. The van der Waals surface area contributed by atoms with Crippen LogP contribution in [0.1, 0.15) is 29.3 Å². The maximum absolute atomic E-state index is 11.1. The Morgan fingerprint density at radius 2 is 2.19 bits per heavy atom. The van der Waals surface area contributed by atoms with Gasteiger partial charge in [-0.2, -0.15) is 5.10 Å². The minimum Gasteiger partial charge on any atom is -0.493 e. The first-order valence-corrected chi connectivity index (χ1v) is 9.38. The minimum atomic E-state index is -0.396. The van der Waals surface area contributed by atoms with E-state index in [4.69, 9.17) is 9.47 Å². The summed E-state index contributed by atoms with van der Waals surface area (Å²) in [5.41, 5.74) is 5.18. The summed E-state index contributed by atoms with van der Waals surface area (Å²) in [6.07, 6.45) is 6.59. The Labute approximate surface area is 160 Å². The van der Waals surface area contributed by atoms with E-state index < -0.39 is 5.97 Å². The van der Waals surface area contributed by atoms with Gasteiger partial charge in [0.15, 0.2) is 17.3 Å². The number of carbonyl (C=O) groups excluding carboxylic acids is 1. The summed E-state index contributed by atoms with van der Waals surface area (Å²) < 4.78 is 10.4. The van der Waals surface area contributed by atoms with Crippen LogP contribution in [0, 0.1) is 0 Å². The van der Waals surface area contributed by atoms with Crippen LogP contribution in [0.2, 0.25) is 0 Å². The van der Waals surface area contributed by atoms with Gasteiger partial charge < -0.3 is 9.47 Å². The Bertz CT molecular complexity index is 1040. The fourth-order valence-electron chi connectivity index (χ4n) is 3.18. The smallest absolute Gasteiger partial charge is 0.308 e. The Kier molecular flexibility index (Phi) is 4.72. The summed E-state index contributed by atoms with van der Waals surface area (Å²) in [5.74, 6) is 1.17. The van der Waals surface area contributed by atoms with Crippen molar-refractivity contribution in [3.63, 3.8) is 0 Å². The normalized spacial score (nSPS) is 13.1. The van der Waals surface area contributed by atoms with Crippen LogP contribution >= 0.6 is 11.3 Å². The van der Waals surface area contributed by atoms with Crippen LogP contribution < -0.4 is 14.9 Å². The number of aryl methyl sites for hydroxylation is 2. The molecule has 138 valence electrons. The summed E-state index contributed by atoms with van der Waals surface area (Å²) in [6.45, 7) is 1.35. The van der Waals surface area contributed by atoms with E-state index in [0.29, 0.717) is 11.5 Å². The molecular formula is C19H18N4O3S. The van der Waals surface area contributed by atoms with E-state index >= 15 is 0 Å². The molecule has 2 heterocycles. The molecule has 3 aromatic rings. The zero-order chi connectivity index (χ0) is 18.8. The number of rotatable bonds is 5. The molecule has 0 radical (unpaired) electrons. The number of aromatic nitrogens is 2. The third-order valence-electron chi connectivity index (χ3n) is 4.33. The zero-order valence-corrected chi connectivity index (χ0v) is 15.8. The SMILES string of the molecule is COc1cc(/C=N\Nc2ncnc3sc4c(c23)CCC4)ccc1OC(C)=O. The van der Waals surface area contributed by atoms with Gasteiger partial charge in [0.1, 0.15) is 11.2 Å². The molecule has 0 saturated carbocycles. The number of hydrazone groups is 1. The van der Waals surface area contributed by atoms with Gasteiger partial charge in [0, 0.05) is 11.8 Å². The van der Waals surface area contributed by atoms with Crippen molar-refractivity contribution in [1.82, 2.24) is 9.97 Å². The molecule has 0 aliphatic heterocycles. The third-order valence-corrected chi connectivity index (χ3v) is 5.53. The highest BCUT2D eigenvalue weighted by molar-refractivity contribution is 7.19. The van der Waals surface area contributed by atoms with Crippen LogP contribution in [-0.2, 0) is 17.6 Å². The van der Waals surface area contributed by atoms with E-state index in [9.17, 15) is 4.79 Å². The number of benzene rings is 1. The van der Waals surface area contributed by atoms with Crippen molar-refractivity contribution in [3.05, 3.63) is 40.5 Å². The Morgan fingerprint density at radius 1 is 1.30 bits per heavy atom. The molecule has 1 aliphatic rings. The molecular weight excluding hydrogens is 364 g/mol. The molecule has 1 aromatic carbocycles. The highest BCUT2D eigenvalue weighted by atomic mass is 32.1. The van der Waals surface area contributed by atoms with E-state index in [-0.39, 0.29) is 0 Å². The molecule has 0 bridgehead atoms. The van der Waals surface area contributed by atoms with Gasteiger partial charge in [0.25, 0.3) is 0 Å². The summed E-state index contributed by atoms with van der Waals surface area (Å²) in [6, 6.07) is 5.22. The van der Waals surface area contributed by atoms with Crippen molar-refractivity contribution in [3.8, 4) is 11.5 Å². The van der Waals surface area contributed by atoms with Crippen molar-refractivity contribution in [2.45, 2.75) is 26.2 Å². The fraction of sp³-hybridized carbons (Fsp3) is 0.263. The van der Waals surface area contributed by atoms with Crippen molar-refractivity contribution in [1.29, 1.82) is 0 Å². The van der Waals surface area contributed by atoms with Crippen LogP contribution in [-0.4, -0.2) is 29.3 Å². The molecule has 4 rings (SSSR count). The quantitative estimate of drug-likeness (QED) is 0.314. The maximum atomic E-state index is 11.1. The Morgan fingerprint density at radius 3 is 3.00 bits per heavy atom. The van der Waals surface area contributed by atoms with Crippen molar-refractivity contribution in [2.24, 2.45) is 5.10 Å². The molecule has 1 N–H and O–H groups in total. The molecule has 0 saturated heterocycles. The van der Waals surface area contributed by atoms with Gasteiger partial charge in [-0.15, -0.1) is 11.3 Å². The standard InChI is InChI=1S/C19H18N4O3S/c1-11(24)26-14-7-6-12(8-15(14)25-2)9-22-23-18-17-13-4-3-5-16(13)27-19(17)21-10-20-18/h6-10H,3-5H2,1-2H3,(H,20,21,23)/b22-9-. The number of hydrogen-bond acceptors (Lipinski definition) is 8. The molecule has 0 atom stereocenters. The second kappa shape index (κ2) is 7.32. The molecule has 0 fully saturated rings. The van der Waals surface area contributed by atoms with Crippen LogP contribution in [0.15, 0.2) is 29.6 Å². The number of nitrogens with one attached hydrogen (secondary N) is 1. The number of nitrogens with zero attached hydrogens (tertiary/aromatic N) is 3. The third kappa shape index (κ3) is 3.48. The Balaban J connectivity index is 1.56. The van der Waals surface area contributed by atoms with E-state index in [1.54, 1.807) is 42.1 Å². The first-order chi connectivity index (χ1) is 13.2. The lowest BCUT2D eigenvalue weighted by atomic mass is 10.2. The maximum Gasteiger partial charge on any atom is 0.308 e. The van der Waals surface area contributed by atoms with E-state index in [2.05, 4.69) is 20.5 Å². The largest absolute Gasteiger partial charge is 0.493 e. The van der Waals surface area contributed by atoms with Gasteiger partial charge in [-0.1, -0.05) is 0 Å². The molecule has 0 amide bonds. The average Bonchev–Trinajstić information content (AvgIpc) is 3.23. The van der Waals surface area contributed by atoms with Gasteiger partial charge in [0.05, 0.1) is 18.7 Å². The molecule has 7 nitrogen and oxygen atoms in total. The lowest BCUT2D eigenvalue weighted by molar-refractivity contribution is -0.132. The minimum absolute atomic E-state index is 0.376. The van der Waals surface area contributed by atoms with Gasteiger partial charge >= 0.3 is 5.97 Å². The van der Waals surface area contributed by atoms with E-state index in [0.717, 1.165) is 34.4 Å². The van der Waals surface area contributed by atoms with Gasteiger partial charge in [0.2, 0.25) is 0 Å². The molecule has 2 aromatic heterocycles. The van der Waals surface area contributed by atoms with Crippen LogP contribution in [0.4, 0.5) is 5.82 Å². The summed E-state index contributed by atoms with van der Waals surface area (Å²) in [4.78, 5) is 22.3. The topological polar surface area (TPSA) is 85.7 Å². The number of ether oxygens (including phenoxy) is 2. The van der Waals surface area contributed by atoms with Gasteiger partial charge in [-0.3, -0.25) is 10.2 Å². The van der Waals surface area contributed by atoms with Crippen LogP contribution in [0.3, 0.4) is 0 Å². The second-order valence-corrected chi connectivity index (χ2v) is 7.22. The number of esters is 1. The predicted molar refractivity (Wildman–Crippen MR) is 105 cm³/mol. The number of anilines is 1. The molecule has 8 heteroatoms. The van der Waals surface area contributed by atoms with Crippen LogP contribution in [0.25, 0.3) is 10.2 Å². The summed E-state index contributed by atoms with van der Waals surface area (Å²) in [7, 11) is 1.52. The first-order valence-electron chi connectivity index (χ1n) is 8.56. The molecule has 1 aliphatic carbocycles. The summed E-state index contributed by atoms with van der Waals surface area (Å²) in [5, 5.41) is 5.39. The molecule has 0 unspecified atom stereocenters. The molecule has 27 heavy (non-hydrogen) atoms. The fourth-order valence-corrected chi connectivity index (χ4v) is 4.41. The zero-order valence-electron chi connectivity index (χ0n) is 15.0. The van der Waals surface area contributed by atoms with Crippen LogP contribution in [0.5, 0.6) is 11.5 Å². The lowest BCUT2D eigenvalue weighted by Gasteiger charge is -2.08. The second-order valence-electron chi connectivity index (χ2n) is 6.13. The van der Waals surface area contributed by atoms with Crippen molar-refractivity contribution < 1.29 is 14.3 Å². The van der Waals surface area contributed by atoms with Crippen molar-refractivity contribution in [2.75, 3.05) is 12.5 Å². The highest BCUT2D eigenvalue weighted by Gasteiger charge is 2.20. The number of thiophene rings is 1. The van der Waals surface area contributed by atoms with Gasteiger partial charge in [-0.25, -0.2) is 9.97 Å². The summed E-state index contributed by atoms with van der Waals surface area (Å²) >= 11 is 1.74. The number of hydrogen-bond donors (Lipinski definition) is 1. The van der Waals surface area contributed by atoms with E-state index in [1.807, 2.05) is 0 Å². The van der Waals surface area contributed by atoms with E-state index in [1.165, 1.54) is 30.9 Å². The van der Waals surface area contributed by atoms with Gasteiger partial charge in [-0.05, 0) is 48.6 Å². The predicted octanol–water partition coefficient (Wildman–Crippen LogP) is 3.56. The lowest BCUT2D eigenvalue weighted by Crippen LogP contribution is -2.03. The average molecular weight is 382 g/mol. The Hall–Kier alpha value is -3.00.